The molecule has 0 saturated heterocycles. The molecule has 0 spiro atoms. The van der Waals surface area contributed by atoms with Crippen LogP contribution in [0.5, 0.6) is 5.75 Å². The van der Waals surface area contributed by atoms with Gasteiger partial charge in [0.25, 0.3) is 0 Å². The van der Waals surface area contributed by atoms with Gasteiger partial charge in [-0.1, -0.05) is 24.3 Å². The molecule has 32 heavy (non-hydrogen) atoms. The summed E-state index contributed by atoms with van der Waals surface area (Å²) in [6.45, 7) is 7.11. The van der Waals surface area contributed by atoms with E-state index in [1.54, 1.807) is 65.1 Å². The number of benzene rings is 2. The molecule has 1 unspecified atom stereocenters. The van der Waals surface area contributed by atoms with Gasteiger partial charge in [-0.15, -0.1) is 0 Å². The van der Waals surface area contributed by atoms with Crippen LogP contribution in [0.1, 0.15) is 38.8 Å². The minimum atomic E-state index is -0.770. The number of allylic oxidation sites excluding steroid dienone is 1. The van der Waals surface area contributed by atoms with E-state index in [-0.39, 0.29) is 12.4 Å². The number of hydrogen-bond donors (Lipinski definition) is 0. The summed E-state index contributed by atoms with van der Waals surface area (Å²) in [7, 11) is 1.58. The summed E-state index contributed by atoms with van der Waals surface area (Å²) in [5, 5.41) is 0. The second-order valence-electron chi connectivity index (χ2n) is 8.17. The third kappa shape index (κ3) is 7.41. The number of imide groups is 1. The molecule has 2 amide bonds. The van der Waals surface area contributed by atoms with Gasteiger partial charge in [-0.25, -0.2) is 14.1 Å². The maximum Gasteiger partial charge on any atom is 0.417 e. The predicted molar refractivity (Wildman–Crippen MR) is 120 cm³/mol. The maximum atomic E-state index is 13.2. The maximum absolute atomic E-state index is 13.2. The first-order chi connectivity index (χ1) is 15.2. The van der Waals surface area contributed by atoms with E-state index in [1.807, 2.05) is 12.1 Å². The van der Waals surface area contributed by atoms with Crippen molar-refractivity contribution < 1.29 is 28.2 Å². The van der Waals surface area contributed by atoms with Crippen LogP contribution in [-0.2, 0) is 27.3 Å². The summed E-state index contributed by atoms with van der Waals surface area (Å²) >= 11 is 0. The van der Waals surface area contributed by atoms with E-state index in [9.17, 15) is 14.0 Å². The monoisotopic (exact) mass is 443 g/mol. The van der Waals surface area contributed by atoms with Gasteiger partial charge in [0, 0.05) is 6.42 Å². The summed E-state index contributed by atoms with van der Waals surface area (Å²) in [6.07, 6.45) is 1.70. The largest absolute Gasteiger partial charge is 0.497 e. The normalized spacial score (nSPS) is 12.6. The fourth-order valence-electron chi connectivity index (χ4n) is 3.00. The number of hydrogen-bond acceptors (Lipinski definition) is 5. The van der Waals surface area contributed by atoms with Gasteiger partial charge in [0.2, 0.25) is 6.41 Å². The van der Waals surface area contributed by atoms with Gasteiger partial charge in [-0.05, 0) is 69.2 Å². The van der Waals surface area contributed by atoms with Crippen LogP contribution < -0.4 is 4.74 Å². The highest BCUT2D eigenvalue weighted by molar-refractivity contribution is 5.81. The summed E-state index contributed by atoms with van der Waals surface area (Å²) < 4.78 is 29.8. The van der Waals surface area contributed by atoms with Crippen LogP contribution in [0.3, 0.4) is 0 Å². The first-order valence-electron chi connectivity index (χ1n) is 10.3. The van der Waals surface area contributed by atoms with E-state index in [4.69, 9.17) is 14.2 Å². The molecule has 0 aliphatic carbocycles. The average molecular weight is 444 g/mol. The third-order valence-corrected chi connectivity index (χ3v) is 4.57. The fraction of sp³-hybridized carbons (Fsp3) is 0.360. The van der Waals surface area contributed by atoms with Crippen LogP contribution in [0, 0.1) is 5.82 Å². The lowest BCUT2D eigenvalue weighted by Gasteiger charge is -2.31. The number of ether oxygens (including phenoxy) is 3. The lowest BCUT2D eigenvalue weighted by Crippen LogP contribution is -2.45. The lowest BCUT2D eigenvalue weighted by molar-refractivity contribution is -0.119. The molecule has 0 N–H and O–H groups in total. The quantitative estimate of drug-likeness (QED) is 0.391. The molecule has 7 heteroatoms. The molecule has 0 aliphatic heterocycles. The Hall–Kier alpha value is -3.35. The topological polar surface area (TPSA) is 65.1 Å². The Kier molecular flexibility index (Phi) is 8.81. The number of amides is 2. The Balaban J connectivity index is 2.31. The number of halogens is 1. The van der Waals surface area contributed by atoms with Gasteiger partial charge < -0.3 is 14.2 Å². The molecule has 1 atom stereocenters. The number of rotatable bonds is 9. The van der Waals surface area contributed by atoms with Crippen molar-refractivity contribution >= 4 is 12.5 Å². The Bertz CT molecular complexity index is 917. The highest BCUT2D eigenvalue weighted by Gasteiger charge is 2.31. The molecule has 2 aromatic carbocycles. The van der Waals surface area contributed by atoms with Crippen molar-refractivity contribution in [1.29, 1.82) is 0 Å². The Labute approximate surface area is 188 Å². The Morgan fingerprint density at radius 2 is 1.66 bits per heavy atom. The molecule has 0 bridgehead atoms. The third-order valence-electron chi connectivity index (χ3n) is 4.57. The van der Waals surface area contributed by atoms with Crippen molar-refractivity contribution in [2.75, 3.05) is 7.11 Å². The van der Waals surface area contributed by atoms with Gasteiger partial charge in [-0.2, -0.15) is 0 Å². The number of methoxy groups -OCH3 is 1. The van der Waals surface area contributed by atoms with E-state index in [0.717, 1.165) is 16.0 Å². The minimum absolute atomic E-state index is 0.153. The predicted octanol–water partition coefficient (Wildman–Crippen LogP) is 5.26. The van der Waals surface area contributed by atoms with Crippen LogP contribution in [0.25, 0.3) is 0 Å². The summed E-state index contributed by atoms with van der Waals surface area (Å²) in [6, 6.07) is 12.5. The molecular weight excluding hydrogens is 413 g/mol. The number of nitrogens with zero attached hydrogens (tertiary/aromatic N) is 1. The molecule has 0 heterocycles. The molecule has 0 saturated carbocycles. The second kappa shape index (κ2) is 11.3. The first-order valence-corrected chi connectivity index (χ1v) is 10.3. The van der Waals surface area contributed by atoms with Crippen molar-refractivity contribution in [3.8, 4) is 5.75 Å². The average Bonchev–Trinajstić information content (AvgIpc) is 2.75. The van der Waals surface area contributed by atoms with E-state index < -0.39 is 17.7 Å². The van der Waals surface area contributed by atoms with Crippen LogP contribution in [0.4, 0.5) is 9.18 Å². The number of carbonyl (C=O) groups is 2. The molecule has 0 aromatic heterocycles. The van der Waals surface area contributed by atoms with Crippen LogP contribution in [-0.4, -0.2) is 36.2 Å². The highest BCUT2D eigenvalue weighted by atomic mass is 19.1. The molecule has 2 rings (SSSR count). The molecule has 0 aliphatic rings. The van der Waals surface area contributed by atoms with Crippen LogP contribution in [0.2, 0.25) is 0 Å². The van der Waals surface area contributed by atoms with E-state index in [1.165, 1.54) is 12.1 Å². The molecule has 2 aromatic rings. The lowest BCUT2D eigenvalue weighted by atomic mass is 10.0. The summed E-state index contributed by atoms with van der Waals surface area (Å²) in [4.78, 5) is 25.8. The molecule has 6 nitrogen and oxygen atoms in total. The zero-order valence-electron chi connectivity index (χ0n) is 19.1. The van der Waals surface area contributed by atoms with Crippen molar-refractivity contribution in [2.24, 2.45) is 0 Å². The minimum Gasteiger partial charge on any atom is -0.497 e. The highest BCUT2D eigenvalue weighted by Crippen LogP contribution is 2.22. The van der Waals surface area contributed by atoms with Gasteiger partial charge in [0.05, 0.1) is 7.11 Å². The first kappa shape index (κ1) is 24.9. The van der Waals surface area contributed by atoms with Crippen LogP contribution >= 0.6 is 0 Å². The molecular formula is C25H30FNO5. The second-order valence-corrected chi connectivity index (χ2v) is 8.17. The van der Waals surface area contributed by atoms with Crippen molar-refractivity contribution in [3.05, 3.63) is 77.3 Å². The SMILES string of the molecule is C/C=C(/OCc1ccc(F)cc1)C(Cc1ccc(OC)cc1)N(C=O)C(=O)OC(C)(C)C. The standard InChI is InChI=1S/C25H30FNO5/c1-6-23(31-16-19-7-11-20(26)12-8-19)22(15-18-9-13-21(30-5)14-10-18)27(17-28)24(29)32-25(2,3)4/h6-14,17,22H,15-16H2,1-5H3/b23-6+. The van der Waals surface area contributed by atoms with Crippen molar-refractivity contribution in [2.45, 2.75) is 52.4 Å². The van der Waals surface area contributed by atoms with Gasteiger partial charge >= 0.3 is 6.09 Å². The van der Waals surface area contributed by atoms with Gasteiger partial charge in [-0.3, -0.25) is 4.79 Å². The molecule has 0 fully saturated rings. The smallest absolute Gasteiger partial charge is 0.417 e. The van der Waals surface area contributed by atoms with Crippen LogP contribution in [0.15, 0.2) is 60.4 Å². The van der Waals surface area contributed by atoms with Crippen molar-refractivity contribution in [1.82, 2.24) is 4.90 Å². The van der Waals surface area contributed by atoms with E-state index in [0.29, 0.717) is 24.3 Å². The van der Waals surface area contributed by atoms with Crippen molar-refractivity contribution in [3.63, 3.8) is 0 Å². The van der Waals surface area contributed by atoms with E-state index >= 15 is 0 Å². The van der Waals surface area contributed by atoms with Gasteiger partial charge in [0.1, 0.15) is 35.6 Å². The summed E-state index contributed by atoms with van der Waals surface area (Å²) in [5.41, 5.74) is 0.855. The fourth-order valence-corrected chi connectivity index (χ4v) is 3.00. The van der Waals surface area contributed by atoms with E-state index in [2.05, 4.69) is 0 Å². The Morgan fingerprint density at radius 3 is 2.16 bits per heavy atom. The summed E-state index contributed by atoms with van der Waals surface area (Å²) in [5.74, 6) is 0.779. The zero-order chi connectivity index (χ0) is 23.7. The van der Waals surface area contributed by atoms with Gasteiger partial charge in [0.15, 0.2) is 0 Å². The Morgan fingerprint density at radius 1 is 1.06 bits per heavy atom. The zero-order valence-corrected chi connectivity index (χ0v) is 19.1. The molecule has 172 valence electrons. The number of carbonyl (C=O) groups excluding carboxylic acids is 2. The molecule has 0 radical (unpaired) electrons.